The van der Waals surface area contributed by atoms with E-state index in [2.05, 4.69) is 0 Å². The lowest BCUT2D eigenvalue weighted by molar-refractivity contribution is -0.00511. The summed E-state index contributed by atoms with van der Waals surface area (Å²) in [5.74, 6) is 0. The van der Waals surface area contributed by atoms with Gasteiger partial charge in [-0.3, -0.25) is 0 Å². The number of amides is 1. The van der Waals surface area contributed by atoms with Crippen molar-refractivity contribution in [1.29, 1.82) is 0 Å². The Morgan fingerprint density at radius 1 is 1.47 bits per heavy atom. The molecule has 0 spiro atoms. The van der Waals surface area contributed by atoms with E-state index in [0.29, 0.717) is 6.42 Å². The fourth-order valence-corrected chi connectivity index (χ4v) is 1.97. The van der Waals surface area contributed by atoms with E-state index >= 15 is 0 Å². The van der Waals surface area contributed by atoms with Gasteiger partial charge >= 0.3 is 6.09 Å². The largest absolute Gasteiger partial charge is 0.439 e. The molecule has 1 aliphatic carbocycles. The predicted octanol–water partition coefficient (Wildman–Crippen LogP) is 1.13. The minimum absolute atomic E-state index is 0.592. The van der Waals surface area contributed by atoms with Gasteiger partial charge in [-0.05, 0) is 24.0 Å². The molecule has 1 aliphatic rings. The Balaban J connectivity index is 2.32. The third kappa shape index (κ3) is 1.94. The van der Waals surface area contributed by atoms with Crippen molar-refractivity contribution in [1.82, 2.24) is 0 Å². The molecule has 1 aromatic carbocycles. The van der Waals surface area contributed by atoms with Gasteiger partial charge in [-0.2, -0.15) is 0 Å². The number of aryl methyl sites for hydroxylation is 1. The van der Waals surface area contributed by atoms with E-state index in [1.807, 2.05) is 24.3 Å². The molecule has 0 saturated carbocycles. The van der Waals surface area contributed by atoms with Crippen molar-refractivity contribution in [3.05, 3.63) is 35.4 Å². The number of benzene rings is 1. The van der Waals surface area contributed by atoms with Crippen LogP contribution >= 0.6 is 0 Å². The molecule has 15 heavy (non-hydrogen) atoms. The van der Waals surface area contributed by atoms with Crippen LogP contribution in [0.5, 0.6) is 0 Å². The summed E-state index contributed by atoms with van der Waals surface area (Å²) >= 11 is 0. The molecule has 2 atom stereocenters. The summed E-state index contributed by atoms with van der Waals surface area (Å²) < 4.78 is 4.92. The predicted molar refractivity (Wildman–Crippen MR) is 54.2 cm³/mol. The highest BCUT2D eigenvalue weighted by Crippen LogP contribution is 2.32. The molecule has 1 amide bonds. The fraction of sp³-hybridized carbons (Fsp3) is 0.364. The lowest BCUT2D eigenvalue weighted by atomic mass is 9.87. The zero-order valence-corrected chi connectivity index (χ0v) is 8.22. The zero-order chi connectivity index (χ0) is 10.8. The average Bonchev–Trinajstić information content (AvgIpc) is 2.22. The lowest BCUT2D eigenvalue weighted by Crippen LogP contribution is -2.30. The molecule has 80 valence electrons. The second-order valence-electron chi connectivity index (χ2n) is 3.66. The van der Waals surface area contributed by atoms with Gasteiger partial charge in [0.15, 0.2) is 6.10 Å². The molecule has 0 radical (unpaired) electrons. The highest BCUT2D eigenvalue weighted by atomic mass is 16.6. The van der Waals surface area contributed by atoms with E-state index < -0.39 is 18.3 Å². The van der Waals surface area contributed by atoms with Gasteiger partial charge in [-0.1, -0.05) is 24.3 Å². The van der Waals surface area contributed by atoms with Crippen molar-refractivity contribution >= 4 is 6.09 Å². The molecule has 1 aromatic rings. The maximum Gasteiger partial charge on any atom is 0.405 e. The van der Waals surface area contributed by atoms with Crippen LogP contribution in [0, 0.1) is 0 Å². The van der Waals surface area contributed by atoms with E-state index in [0.717, 1.165) is 17.5 Å². The van der Waals surface area contributed by atoms with Crippen LogP contribution in [0.4, 0.5) is 4.79 Å². The molecule has 4 heteroatoms. The first-order chi connectivity index (χ1) is 7.18. The number of fused-ring (bicyclic) bond motifs is 1. The molecule has 0 bridgehead atoms. The first kappa shape index (κ1) is 9.98. The number of ether oxygens (including phenoxy) is 1. The number of rotatable bonds is 1. The minimum atomic E-state index is -0.851. The third-order valence-electron chi connectivity index (χ3n) is 2.66. The Morgan fingerprint density at radius 3 is 2.93 bits per heavy atom. The number of carbonyl (C=O) groups is 1. The highest BCUT2D eigenvalue weighted by Gasteiger charge is 2.30. The van der Waals surface area contributed by atoms with Gasteiger partial charge in [0.2, 0.25) is 0 Å². The number of hydrogen-bond acceptors (Lipinski definition) is 3. The van der Waals surface area contributed by atoms with Crippen LogP contribution in [0.1, 0.15) is 23.7 Å². The molecule has 0 aromatic heterocycles. The van der Waals surface area contributed by atoms with Crippen molar-refractivity contribution in [2.45, 2.75) is 25.0 Å². The van der Waals surface area contributed by atoms with Gasteiger partial charge < -0.3 is 15.6 Å². The maximum atomic E-state index is 10.7. The molecule has 0 fully saturated rings. The van der Waals surface area contributed by atoms with Crippen molar-refractivity contribution < 1.29 is 14.6 Å². The highest BCUT2D eigenvalue weighted by molar-refractivity contribution is 5.65. The number of hydrogen-bond donors (Lipinski definition) is 2. The monoisotopic (exact) mass is 207 g/mol. The van der Waals surface area contributed by atoms with E-state index in [9.17, 15) is 9.90 Å². The molecule has 2 rings (SSSR count). The van der Waals surface area contributed by atoms with E-state index in [1.165, 1.54) is 0 Å². The number of aliphatic hydroxyl groups excluding tert-OH is 1. The van der Waals surface area contributed by atoms with Crippen molar-refractivity contribution in [2.75, 3.05) is 0 Å². The van der Waals surface area contributed by atoms with Crippen molar-refractivity contribution in [3.8, 4) is 0 Å². The molecule has 0 saturated heterocycles. The summed E-state index contributed by atoms with van der Waals surface area (Å²) in [4.78, 5) is 10.7. The normalized spacial score (nSPS) is 24.3. The van der Waals surface area contributed by atoms with Crippen LogP contribution in [0.25, 0.3) is 0 Å². The molecular weight excluding hydrogens is 194 g/mol. The number of nitrogens with two attached hydrogens (primary N) is 1. The molecule has 0 aliphatic heterocycles. The standard InChI is InChI=1S/C11H13NO3/c12-11(14)15-10-8-4-2-1-3-7(8)5-6-9(10)13/h1-4,9-10,13H,5-6H2,(H2,12,14)/t9-,10+/m1/s1. The Morgan fingerprint density at radius 2 is 2.20 bits per heavy atom. The Hall–Kier alpha value is -1.55. The van der Waals surface area contributed by atoms with Crippen LogP contribution < -0.4 is 5.73 Å². The summed E-state index contributed by atoms with van der Waals surface area (Å²) in [6, 6.07) is 7.61. The average molecular weight is 207 g/mol. The summed E-state index contributed by atoms with van der Waals surface area (Å²) in [7, 11) is 0. The smallest absolute Gasteiger partial charge is 0.405 e. The van der Waals surface area contributed by atoms with Gasteiger partial charge in [-0.25, -0.2) is 4.79 Å². The second kappa shape index (κ2) is 3.90. The minimum Gasteiger partial charge on any atom is -0.439 e. The Labute approximate surface area is 87.7 Å². The van der Waals surface area contributed by atoms with Crippen LogP contribution in [0.15, 0.2) is 24.3 Å². The number of carbonyl (C=O) groups excluding carboxylic acids is 1. The van der Waals surface area contributed by atoms with Crippen LogP contribution in [-0.2, 0) is 11.2 Å². The maximum absolute atomic E-state index is 10.7. The molecule has 0 heterocycles. The van der Waals surface area contributed by atoms with E-state index in [4.69, 9.17) is 10.5 Å². The zero-order valence-electron chi connectivity index (χ0n) is 8.22. The van der Waals surface area contributed by atoms with Crippen LogP contribution in [-0.4, -0.2) is 17.3 Å². The van der Waals surface area contributed by atoms with Crippen LogP contribution in [0.3, 0.4) is 0 Å². The lowest BCUT2D eigenvalue weighted by Gasteiger charge is -2.29. The van der Waals surface area contributed by atoms with Crippen molar-refractivity contribution in [3.63, 3.8) is 0 Å². The first-order valence-electron chi connectivity index (χ1n) is 4.90. The SMILES string of the molecule is NC(=O)O[C@H]1c2ccccc2CC[C@H]1O. The molecule has 3 N–H and O–H groups in total. The summed E-state index contributed by atoms with van der Waals surface area (Å²) in [5.41, 5.74) is 6.93. The molecular formula is C11H13NO3. The van der Waals surface area contributed by atoms with Crippen molar-refractivity contribution in [2.24, 2.45) is 5.73 Å². The summed E-state index contributed by atoms with van der Waals surface area (Å²) in [6.07, 6.45) is -0.735. The summed E-state index contributed by atoms with van der Waals surface area (Å²) in [5, 5.41) is 9.73. The van der Waals surface area contributed by atoms with Gasteiger partial charge in [-0.15, -0.1) is 0 Å². The fourth-order valence-electron chi connectivity index (χ4n) is 1.97. The van der Waals surface area contributed by atoms with E-state index in [-0.39, 0.29) is 0 Å². The quantitative estimate of drug-likeness (QED) is 0.725. The van der Waals surface area contributed by atoms with Gasteiger partial charge in [0.1, 0.15) is 0 Å². The van der Waals surface area contributed by atoms with Gasteiger partial charge in [0.05, 0.1) is 6.10 Å². The number of primary amides is 1. The Bertz CT molecular complexity index is 378. The molecule has 0 unspecified atom stereocenters. The topological polar surface area (TPSA) is 72.6 Å². The second-order valence-corrected chi connectivity index (χ2v) is 3.66. The Kier molecular flexibility index (Phi) is 2.60. The van der Waals surface area contributed by atoms with E-state index in [1.54, 1.807) is 0 Å². The summed E-state index contributed by atoms with van der Waals surface area (Å²) in [6.45, 7) is 0. The number of aliphatic hydroxyl groups is 1. The van der Waals surface area contributed by atoms with Gasteiger partial charge in [0, 0.05) is 0 Å². The van der Waals surface area contributed by atoms with Crippen LogP contribution in [0.2, 0.25) is 0 Å². The third-order valence-corrected chi connectivity index (χ3v) is 2.66. The first-order valence-corrected chi connectivity index (χ1v) is 4.90. The molecule has 4 nitrogen and oxygen atoms in total. The van der Waals surface area contributed by atoms with Gasteiger partial charge in [0.25, 0.3) is 0 Å².